The van der Waals surface area contributed by atoms with E-state index in [0.717, 1.165) is 4.90 Å². The standard InChI is InChI=1S/C36H43F3N4O7.BH4.Na/c1-22-16-17-25(19-40-31(44)49-34(2,3)4)41-30(22)48-27-15-11-14-24(28(27)37)18-26-29(42-32(45)47-20-23-12-9-8-10-13-23)36(38,39)21-43(26)33(46)50-35(5,6)7;;/h8-17,26,29H,18-21H2,1-7H3,(H,40,44)(H,42,45);1H4;/q;-1;+1/t26-,29+;;/m0../s1. The Hall–Kier alpha value is -3.95. The normalized spacial score (nSPS) is 16.5. The van der Waals surface area contributed by atoms with Crippen LogP contribution in [0.1, 0.15) is 63.9 Å². The molecule has 2 atom stereocenters. The minimum atomic E-state index is -3.62. The first-order valence-corrected chi connectivity index (χ1v) is 16.0. The number of ether oxygens (including phenoxy) is 4. The quantitative estimate of drug-likeness (QED) is 0.254. The van der Waals surface area contributed by atoms with Crippen molar-refractivity contribution in [3.8, 4) is 11.6 Å². The molecule has 1 saturated heterocycles. The van der Waals surface area contributed by atoms with Gasteiger partial charge in [-0.3, -0.25) is 4.90 Å². The fraction of sp³-hybridized carbons (Fsp3) is 0.444. The average molecular weight is 739 g/mol. The van der Waals surface area contributed by atoms with Crippen molar-refractivity contribution >= 4 is 26.7 Å². The van der Waals surface area contributed by atoms with Crippen LogP contribution in [0, 0.1) is 12.7 Å². The minimum Gasteiger partial charge on any atom is -0.445 e. The predicted molar refractivity (Wildman–Crippen MR) is 189 cm³/mol. The molecule has 0 radical (unpaired) electrons. The van der Waals surface area contributed by atoms with Gasteiger partial charge in [0.2, 0.25) is 5.88 Å². The van der Waals surface area contributed by atoms with E-state index in [1.54, 1.807) is 90.9 Å². The van der Waals surface area contributed by atoms with Crippen LogP contribution in [0.3, 0.4) is 0 Å². The Kier molecular flexibility index (Phi) is 15.5. The van der Waals surface area contributed by atoms with Crippen molar-refractivity contribution in [2.75, 3.05) is 6.54 Å². The number of carbonyl (C=O) groups is 3. The van der Waals surface area contributed by atoms with E-state index in [-0.39, 0.29) is 68.3 Å². The zero-order valence-electron chi connectivity index (χ0n) is 30.1. The summed E-state index contributed by atoms with van der Waals surface area (Å²) in [6.45, 7) is 10.4. The maximum absolute atomic E-state index is 16.1. The second-order valence-electron chi connectivity index (χ2n) is 13.9. The Balaban J connectivity index is 0.00000468. The summed E-state index contributed by atoms with van der Waals surface area (Å²) in [5.74, 6) is -4.70. The van der Waals surface area contributed by atoms with Crippen molar-refractivity contribution < 1.29 is 76.1 Å². The second kappa shape index (κ2) is 18.2. The summed E-state index contributed by atoms with van der Waals surface area (Å²) in [7, 11) is 0. The number of carbonyl (C=O) groups excluding carboxylic acids is 3. The monoisotopic (exact) mass is 738 g/mol. The van der Waals surface area contributed by atoms with Gasteiger partial charge in [0.05, 0.1) is 24.8 Å². The van der Waals surface area contributed by atoms with Gasteiger partial charge in [-0.05, 0) is 78.1 Å². The molecule has 3 aromatic rings. The number of aryl methyl sites for hydroxylation is 1. The van der Waals surface area contributed by atoms with Gasteiger partial charge < -0.3 is 29.6 Å². The second-order valence-corrected chi connectivity index (χ2v) is 13.9. The van der Waals surface area contributed by atoms with Crippen LogP contribution in [0.15, 0.2) is 60.7 Å². The van der Waals surface area contributed by atoms with Gasteiger partial charge in [0.15, 0.2) is 11.6 Å². The Morgan fingerprint density at radius 1 is 0.923 bits per heavy atom. The molecule has 2 N–H and O–H groups in total. The van der Waals surface area contributed by atoms with E-state index >= 15 is 13.2 Å². The van der Waals surface area contributed by atoms with Gasteiger partial charge >= 0.3 is 47.8 Å². The molecule has 0 spiro atoms. The van der Waals surface area contributed by atoms with Crippen molar-refractivity contribution in [2.45, 2.75) is 97.2 Å². The minimum absolute atomic E-state index is 0. The molecule has 16 heteroatoms. The van der Waals surface area contributed by atoms with E-state index in [9.17, 15) is 14.4 Å². The molecular formula is C36H47BF3N4NaO7. The number of hydrogen-bond acceptors (Lipinski definition) is 8. The SMILES string of the molecule is Cc1ccc(CNC(=O)OC(C)(C)C)nc1Oc1cccc(C[C@H]2[C@@H](NC(=O)OCc3ccccc3)C(F)(F)CN2C(=O)OC(C)(C)C)c1F.[BH4-].[Na+]. The van der Waals surface area contributed by atoms with E-state index < -0.39 is 66.3 Å². The van der Waals surface area contributed by atoms with Gasteiger partial charge in [-0.25, -0.2) is 32.5 Å². The molecule has 3 amide bonds. The number of amides is 3. The van der Waals surface area contributed by atoms with Crippen LogP contribution >= 0.6 is 0 Å². The maximum atomic E-state index is 16.1. The topological polar surface area (TPSA) is 128 Å². The maximum Gasteiger partial charge on any atom is 1.00 e. The zero-order valence-corrected chi connectivity index (χ0v) is 32.1. The number of nitrogens with zero attached hydrogens (tertiary/aromatic N) is 2. The molecule has 1 fully saturated rings. The largest absolute Gasteiger partial charge is 1.00 e. The molecular weight excluding hydrogens is 691 g/mol. The molecule has 1 aliphatic rings. The molecule has 0 saturated carbocycles. The third-order valence-corrected chi connectivity index (χ3v) is 7.34. The van der Waals surface area contributed by atoms with Crippen LogP contribution < -0.4 is 44.9 Å². The number of aromatic nitrogens is 1. The third-order valence-electron chi connectivity index (χ3n) is 7.34. The first-order valence-electron chi connectivity index (χ1n) is 16.0. The Morgan fingerprint density at radius 2 is 1.58 bits per heavy atom. The predicted octanol–water partition coefficient (Wildman–Crippen LogP) is 2.99. The Morgan fingerprint density at radius 3 is 2.21 bits per heavy atom. The van der Waals surface area contributed by atoms with Gasteiger partial charge in [-0.15, -0.1) is 0 Å². The van der Waals surface area contributed by atoms with Crippen LogP contribution in [0.2, 0.25) is 0 Å². The molecule has 1 aromatic heterocycles. The number of rotatable bonds is 9. The van der Waals surface area contributed by atoms with Crippen molar-refractivity contribution in [3.05, 3.63) is 88.9 Å². The summed E-state index contributed by atoms with van der Waals surface area (Å²) < 4.78 is 69.0. The van der Waals surface area contributed by atoms with Crippen LogP contribution in [0.5, 0.6) is 11.6 Å². The van der Waals surface area contributed by atoms with Gasteiger partial charge in [0, 0.05) is 5.56 Å². The number of alkyl halides is 2. The molecule has 0 aliphatic carbocycles. The van der Waals surface area contributed by atoms with E-state index in [2.05, 4.69) is 15.6 Å². The average Bonchev–Trinajstić information content (AvgIpc) is 3.26. The van der Waals surface area contributed by atoms with Gasteiger partial charge in [0.25, 0.3) is 5.92 Å². The van der Waals surface area contributed by atoms with Crippen molar-refractivity contribution in [2.24, 2.45) is 0 Å². The molecule has 0 bridgehead atoms. The summed E-state index contributed by atoms with van der Waals surface area (Å²) in [5, 5.41) is 4.81. The Bertz CT molecular complexity index is 1690. The number of alkyl carbamates (subject to hydrolysis) is 2. The number of likely N-dealkylation sites (tertiary alicyclic amines) is 1. The van der Waals surface area contributed by atoms with Crippen LogP contribution in [0.4, 0.5) is 27.6 Å². The van der Waals surface area contributed by atoms with E-state index in [4.69, 9.17) is 18.9 Å². The fourth-order valence-corrected chi connectivity index (χ4v) is 5.10. The molecule has 278 valence electrons. The first-order chi connectivity index (χ1) is 23.3. The van der Waals surface area contributed by atoms with Gasteiger partial charge in [0.1, 0.15) is 23.9 Å². The van der Waals surface area contributed by atoms with E-state index in [0.29, 0.717) is 16.8 Å². The molecule has 1 aliphatic heterocycles. The molecule has 52 heavy (non-hydrogen) atoms. The molecule has 0 unspecified atom stereocenters. The number of hydrogen-bond donors (Lipinski definition) is 2. The number of benzene rings is 2. The third kappa shape index (κ3) is 12.6. The summed E-state index contributed by atoms with van der Waals surface area (Å²) in [4.78, 5) is 43.2. The molecule has 11 nitrogen and oxygen atoms in total. The van der Waals surface area contributed by atoms with Gasteiger partial charge in [-0.1, -0.05) is 56.9 Å². The van der Waals surface area contributed by atoms with Crippen molar-refractivity contribution in [3.63, 3.8) is 0 Å². The van der Waals surface area contributed by atoms with Crippen molar-refractivity contribution in [1.82, 2.24) is 20.5 Å². The summed E-state index contributed by atoms with van der Waals surface area (Å²) >= 11 is 0. The summed E-state index contributed by atoms with van der Waals surface area (Å²) in [6.07, 6.45) is -3.26. The van der Waals surface area contributed by atoms with E-state index in [1.807, 2.05) is 0 Å². The first kappa shape index (κ1) is 44.2. The number of pyridine rings is 1. The van der Waals surface area contributed by atoms with Crippen LogP contribution in [-0.4, -0.2) is 72.3 Å². The molecule has 2 heterocycles. The van der Waals surface area contributed by atoms with Crippen LogP contribution in [0.25, 0.3) is 0 Å². The van der Waals surface area contributed by atoms with Crippen molar-refractivity contribution in [1.29, 1.82) is 0 Å². The van der Waals surface area contributed by atoms with E-state index in [1.165, 1.54) is 18.2 Å². The zero-order chi connectivity index (χ0) is 36.9. The van der Waals surface area contributed by atoms with Gasteiger partial charge in [-0.2, -0.15) is 0 Å². The summed E-state index contributed by atoms with van der Waals surface area (Å²) in [6, 6.07) is 12.8. The Labute approximate surface area is 326 Å². The number of nitrogens with one attached hydrogen (secondary N) is 2. The molecule has 4 rings (SSSR count). The summed E-state index contributed by atoms with van der Waals surface area (Å²) in [5.41, 5.74) is -0.174. The fourth-order valence-electron chi connectivity index (χ4n) is 5.10. The smallest absolute Gasteiger partial charge is 0.445 e. The molecule has 2 aromatic carbocycles. The van der Waals surface area contributed by atoms with Crippen LogP contribution in [-0.2, 0) is 33.8 Å². The number of halogens is 3.